The van der Waals surface area contributed by atoms with Crippen molar-refractivity contribution in [3.8, 4) is 0 Å². The maximum absolute atomic E-state index is 13.1. The molecule has 2 fully saturated rings. The Labute approximate surface area is 197 Å². The minimum Gasteiger partial charge on any atom is -0.369 e. The van der Waals surface area contributed by atoms with E-state index in [0.29, 0.717) is 11.6 Å². The third kappa shape index (κ3) is 6.15. The van der Waals surface area contributed by atoms with Crippen LogP contribution in [0.5, 0.6) is 0 Å². The maximum atomic E-state index is 13.1. The minimum absolute atomic E-state index is 0.183. The Morgan fingerprint density at radius 2 is 1.64 bits per heavy atom. The number of hydrogen-bond acceptors (Lipinski definition) is 4. The standard InChI is InChI=1S/C26H35N3O3S/c27-26(30)24(18-20-8-2-3-9-20)21-12-14-23(15-13-21)33(31,32)28-25-11-5-4-10-22(25)19-29-16-6-1-7-17-29/h4-5,10-15,20,24,28H,1-3,6-9,16-19H2,(H2,27,30). The largest absolute Gasteiger partial charge is 0.369 e. The van der Waals surface area contributed by atoms with Crippen molar-refractivity contribution >= 4 is 21.6 Å². The van der Waals surface area contributed by atoms with Gasteiger partial charge in [0.1, 0.15) is 0 Å². The number of likely N-dealkylation sites (tertiary alicyclic amines) is 1. The monoisotopic (exact) mass is 469 g/mol. The zero-order valence-electron chi connectivity index (χ0n) is 19.2. The van der Waals surface area contributed by atoms with Gasteiger partial charge in [-0.3, -0.25) is 14.4 Å². The normalized spacial score (nSPS) is 18.8. The van der Waals surface area contributed by atoms with E-state index in [4.69, 9.17) is 5.73 Å². The highest BCUT2D eigenvalue weighted by Gasteiger charge is 2.26. The smallest absolute Gasteiger partial charge is 0.261 e. The molecule has 3 N–H and O–H groups in total. The van der Waals surface area contributed by atoms with Crippen LogP contribution in [-0.2, 0) is 21.4 Å². The molecule has 33 heavy (non-hydrogen) atoms. The molecule has 2 aliphatic rings. The third-order valence-corrected chi connectivity index (χ3v) is 8.47. The van der Waals surface area contributed by atoms with E-state index in [1.807, 2.05) is 24.3 Å². The lowest BCUT2D eigenvalue weighted by Gasteiger charge is -2.27. The van der Waals surface area contributed by atoms with Crippen molar-refractivity contribution in [1.29, 1.82) is 0 Å². The Bertz CT molecular complexity index is 1040. The second kappa shape index (κ2) is 10.7. The first kappa shape index (κ1) is 23.8. The molecular formula is C26H35N3O3S. The first-order valence-corrected chi connectivity index (χ1v) is 13.6. The van der Waals surface area contributed by atoms with E-state index in [1.165, 1.54) is 32.1 Å². The van der Waals surface area contributed by atoms with Gasteiger partial charge >= 0.3 is 0 Å². The topological polar surface area (TPSA) is 92.5 Å². The molecule has 2 aromatic carbocycles. The van der Waals surface area contributed by atoms with Crippen LogP contribution >= 0.6 is 0 Å². The molecule has 0 spiro atoms. The molecule has 0 radical (unpaired) electrons. The van der Waals surface area contributed by atoms with Crippen molar-refractivity contribution < 1.29 is 13.2 Å². The van der Waals surface area contributed by atoms with Crippen LogP contribution in [0.3, 0.4) is 0 Å². The van der Waals surface area contributed by atoms with Gasteiger partial charge < -0.3 is 5.73 Å². The molecular weight excluding hydrogens is 434 g/mol. The van der Waals surface area contributed by atoms with Crippen LogP contribution < -0.4 is 10.5 Å². The number of rotatable bonds is 9. The number of nitrogens with two attached hydrogens (primary N) is 1. The number of primary amides is 1. The molecule has 7 heteroatoms. The molecule has 0 aromatic heterocycles. The average Bonchev–Trinajstić information content (AvgIpc) is 3.33. The quantitative estimate of drug-likeness (QED) is 0.560. The highest BCUT2D eigenvalue weighted by atomic mass is 32.2. The van der Waals surface area contributed by atoms with Crippen LogP contribution in [0.4, 0.5) is 5.69 Å². The van der Waals surface area contributed by atoms with Crippen molar-refractivity contribution in [1.82, 2.24) is 4.90 Å². The number of amides is 1. The fourth-order valence-corrected chi connectivity index (χ4v) is 6.30. The van der Waals surface area contributed by atoms with Crippen LogP contribution in [0, 0.1) is 5.92 Å². The van der Waals surface area contributed by atoms with Crippen LogP contribution in [0.15, 0.2) is 53.4 Å². The highest BCUT2D eigenvalue weighted by Crippen LogP contribution is 2.34. The number of piperidine rings is 1. The van der Waals surface area contributed by atoms with Crippen LogP contribution in [-0.4, -0.2) is 32.3 Å². The minimum atomic E-state index is -3.75. The second-order valence-electron chi connectivity index (χ2n) is 9.51. The molecule has 6 nitrogen and oxygen atoms in total. The van der Waals surface area contributed by atoms with Crippen molar-refractivity contribution in [2.45, 2.75) is 68.7 Å². The van der Waals surface area contributed by atoms with Gasteiger partial charge in [0.2, 0.25) is 5.91 Å². The number of nitrogens with one attached hydrogen (secondary N) is 1. The molecule has 1 heterocycles. The molecule has 1 atom stereocenters. The summed E-state index contributed by atoms with van der Waals surface area (Å²) in [7, 11) is -3.75. The van der Waals surface area contributed by atoms with Crippen molar-refractivity contribution in [2.24, 2.45) is 11.7 Å². The molecule has 1 saturated heterocycles. The number of hydrogen-bond donors (Lipinski definition) is 2. The average molecular weight is 470 g/mol. The summed E-state index contributed by atoms with van der Waals surface area (Å²) in [6.45, 7) is 2.83. The zero-order valence-corrected chi connectivity index (χ0v) is 20.0. The fourth-order valence-electron chi connectivity index (χ4n) is 5.20. The summed E-state index contributed by atoms with van der Waals surface area (Å²) in [5, 5.41) is 0. The molecule has 1 saturated carbocycles. The van der Waals surface area contributed by atoms with Crippen molar-refractivity contribution in [3.05, 3.63) is 59.7 Å². The Morgan fingerprint density at radius 3 is 2.30 bits per heavy atom. The molecule has 1 unspecified atom stereocenters. The first-order valence-electron chi connectivity index (χ1n) is 12.1. The number of sulfonamides is 1. The summed E-state index contributed by atoms with van der Waals surface area (Å²) >= 11 is 0. The van der Waals surface area contributed by atoms with Gasteiger partial charge in [0.15, 0.2) is 0 Å². The van der Waals surface area contributed by atoms with E-state index in [2.05, 4.69) is 9.62 Å². The lowest BCUT2D eigenvalue weighted by Crippen LogP contribution is -2.29. The highest BCUT2D eigenvalue weighted by molar-refractivity contribution is 7.92. The predicted molar refractivity (Wildman–Crippen MR) is 131 cm³/mol. The van der Waals surface area contributed by atoms with Gasteiger partial charge in [-0.15, -0.1) is 0 Å². The molecule has 4 rings (SSSR count). The van der Waals surface area contributed by atoms with E-state index in [9.17, 15) is 13.2 Å². The van der Waals surface area contributed by atoms with Gasteiger partial charge in [0.05, 0.1) is 16.5 Å². The molecule has 0 bridgehead atoms. The fraction of sp³-hybridized carbons (Fsp3) is 0.500. The van der Waals surface area contributed by atoms with E-state index in [-0.39, 0.29) is 16.7 Å². The Morgan fingerprint density at radius 1 is 0.970 bits per heavy atom. The van der Waals surface area contributed by atoms with Crippen molar-refractivity contribution in [2.75, 3.05) is 17.8 Å². The first-order chi connectivity index (χ1) is 15.9. The summed E-state index contributed by atoms with van der Waals surface area (Å²) in [4.78, 5) is 14.7. The van der Waals surface area contributed by atoms with Crippen molar-refractivity contribution in [3.63, 3.8) is 0 Å². The maximum Gasteiger partial charge on any atom is 0.261 e. The van der Waals surface area contributed by atoms with Crippen LogP contribution in [0.1, 0.15) is 68.4 Å². The number of carbonyl (C=O) groups is 1. The Kier molecular flexibility index (Phi) is 7.71. The van der Waals surface area contributed by atoms with Gasteiger partial charge in [-0.25, -0.2) is 8.42 Å². The Balaban J connectivity index is 1.48. The summed E-state index contributed by atoms with van der Waals surface area (Å²) in [6, 6.07) is 14.2. The summed E-state index contributed by atoms with van der Waals surface area (Å²) < 4.78 is 29.0. The van der Waals surface area contributed by atoms with Gasteiger partial charge in [0, 0.05) is 6.54 Å². The van der Waals surface area contributed by atoms with E-state index in [0.717, 1.165) is 50.0 Å². The molecule has 1 amide bonds. The van der Waals surface area contributed by atoms with Gasteiger partial charge in [0.25, 0.3) is 10.0 Å². The second-order valence-corrected chi connectivity index (χ2v) is 11.2. The summed E-state index contributed by atoms with van der Waals surface area (Å²) in [5.74, 6) is -0.200. The summed E-state index contributed by atoms with van der Waals surface area (Å²) in [6.07, 6.45) is 9.06. The van der Waals surface area contributed by atoms with Gasteiger partial charge in [-0.2, -0.15) is 0 Å². The van der Waals surface area contributed by atoms with E-state index >= 15 is 0 Å². The van der Waals surface area contributed by atoms with Crippen LogP contribution in [0.25, 0.3) is 0 Å². The SMILES string of the molecule is NC(=O)C(CC1CCCC1)c1ccc(S(=O)(=O)Nc2ccccc2CN2CCCCC2)cc1. The zero-order chi connectivity index (χ0) is 23.3. The molecule has 1 aliphatic heterocycles. The number of para-hydroxylation sites is 1. The molecule has 1 aliphatic carbocycles. The lowest BCUT2D eigenvalue weighted by atomic mass is 9.87. The number of nitrogens with zero attached hydrogens (tertiary/aromatic N) is 1. The third-order valence-electron chi connectivity index (χ3n) is 7.08. The van der Waals surface area contributed by atoms with E-state index < -0.39 is 10.0 Å². The van der Waals surface area contributed by atoms with Crippen LogP contribution in [0.2, 0.25) is 0 Å². The number of benzene rings is 2. The molecule has 2 aromatic rings. The van der Waals surface area contributed by atoms with Gasteiger partial charge in [-0.05, 0) is 67.6 Å². The molecule has 178 valence electrons. The van der Waals surface area contributed by atoms with E-state index in [1.54, 1.807) is 24.3 Å². The summed E-state index contributed by atoms with van der Waals surface area (Å²) in [5.41, 5.74) is 8.07. The predicted octanol–water partition coefficient (Wildman–Crippen LogP) is 4.62. The number of carbonyl (C=O) groups excluding carboxylic acids is 1. The number of anilines is 1. The Hall–Kier alpha value is -2.38. The lowest BCUT2D eigenvalue weighted by molar-refractivity contribution is -0.119. The van der Waals surface area contributed by atoms with Gasteiger partial charge in [-0.1, -0.05) is 62.4 Å².